The fourth-order valence-electron chi connectivity index (χ4n) is 1.79. The summed E-state index contributed by atoms with van der Waals surface area (Å²) >= 11 is 3.40. The highest BCUT2D eigenvalue weighted by Crippen LogP contribution is 2.20. The number of benzene rings is 1. The van der Waals surface area contributed by atoms with Gasteiger partial charge in [-0.05, 0) is 34.5 Å². The second-order valence-electron chi connectivity index (χ2n) is 4.35. The number of anilines is 1. The average Bonchev–Trinajstić information content (AvgIpc) is 2.39. The Morgan fingerprint density at radius 1 is 1.42 bits per heavy atom. The van der Waals surface area contributed by atoms with Crippen molar-refractivity contribution >= 4 is 27.5 Å². The molecule has 0 heterocycles. The van der Waals surface area contributed by atoms with Gasteiger partial charge in [0.15, 0.2) is 0 Å². The lowest BCUT2D eigenvalue weighted by Crippen LogP contribution is -2.38. The van der Waals surface area contributed by atoms with Crippen LogP contribution in [0.4, 0.5) is 5.69 Å². The third-order valence-electron chi connectivity index (χ3n) is 2.70. The molecular weight excluding hydrogens is 308 g/mol. The molecule has 1 unspecified atom stereocenters. The summed E-state index contributed by atoms with van der Waals surface area (Å²) in [4.78, 5) is 11.8. The highest BCUT2D eigenvalue weighted by Gasteiger charge is 2.10. The molecule has 0 saturated heterocycles. The Kier molecular flexibility index (Phi) is 7.70. The summed E-state index contributed by atoms with van der Waals surface area (Å²) in [5, 5.41) is 6.07. The van der Waals surface area contributed by atoms with Crippen molar-refractivity contribution in [2.45, 2.75) is 25.8 Å². The largest absolute Gasteiger partial charge is 0.383 e. The number of hydrogen-bond acceptors (Lipinski definition) is 3. The van der Waals surface area contributed by atoms with Gasteiger partial charge in [0.25, 0.3) is 0 Å². The van der Waals surface area contributed by atoms with Gasteiger partial charge in [-0.2, -0.15) is 0 Å². The first-order valence-electron chi connectivity index (χ1n) is 6.44. The SMILES string of the molecule is CCCC(COC)NCC(=O)Nc1ccccc1Br. The third kappa shape index (κ3) is 6.18. The molecule has 1 rings (SSSR count). The Morgan fingerprint density at radius 2 is 2.16 bits per heavy atom. The van der Waals surface area contributed by atoms with Crippen LogP contribution in [0.3, 0.4) is 0 Å². The number of methoxy groups -OCH3 is 1. The molecule has 1 aromatic carbocycles. The van der Waals surface area contributed by atoms with E-state index in [0.29, 0.717) is 6.61 Å². The Morgan fingerprint density at radius 3 is 2.79 bits per heavy atom. The molecule has 0 radical (unpaired) electrons. The molecular formula is C14H21BrN2O2. The molecule has 0 aliphatic rings. The van der Waals surface area contributed by atoms with Crippen LogP contribution in [0.1, 0.15) is 19.8 Å². The molecule has 0 aliphatic carbocycles. The molecule has 0 aromatic heterocycles. The van der Waals surface area contributed by atoms with E-state index in [2.05, 4.69) is 33.5 Å². The quantitative estimate of drug-likeness (QED) is 0.771. The topological polar surface area (TPSA) is 50.4 Å². The van der Waals surface area contributed by atoms with Crippen LogP contribution < -0.4 is 10.6 Å². The maximum absolute atomic E-state index is 11.8. The monoisotopic (exact) mass is 328 g/mol. The minimum absolute atomic E-state index is 0.0518. The van der Waals surface area contributed by atoms with Crippen molar-refractivity contribution in [3.8, 4) is 0 Å². The van der Waals surface area contributed by atoms with E-state index in [1.165, 1.54) is 0 Å². The minimum Gasteiger partial charge on any atom is -0.383 e. The van der Waals surface area contributed by atoms with E-state index < -0.39 is 0 Å². The molecule has 106 valence electrons. The maximum atomic E-state index is 11.8. The molecule has 1 atom stereocenters. The second-order valence-corrected chi connectivity index (χ2v) is 5.20. The van der Waals surface area contributed by atoms with Crippen molar-refractivity contribution in [3.05, 3.63) is 28.7 Å². The van der Waals surface area contributed by atoms with Gasteiger partial charge in [-0.15, -0.1) is 0 Å². The lowest BCUT2D eigenvalue weighted by atomic mass is 10.2. The number of carbonyl (C=O) groups is 1. The molecule has 1 amide bonds. The molecule has 0 spiro atoms. The molecule has 1 aromatic rings. The van der Waals surface area contributed by atoms with Crippen LogP contribution in [-0.2, 0) is 9.53 Å². The molecule has 0 aliphatic heterocycles. The van der Waals surface area contributed by atoms with Gasteiger partial charge in [0.1, 0.15) is 0 Å². The first-order chi connectivity index (χ1) is 9.17. The number of amides is 1. The predicted octanol–water partition coefficient (Wildman–Crippen LogP) is 2.79. The van der Waals surface area contributed by atoms with Crippen molar-refractivity contribution in [1.82, 2.24) is 5.32 Å². The Labute approximate surface area is 123 Å². The summed E-state index contributed by atoms with van der Waals surface area (Å²) in [7, 11) is 1.67. The van der Waals surface area contributed by atoms with Gasteiger partial charge in [0.05, 0.1) is 18.8 Å². The van der Waals surface area contributed by atoms with E-state index in [1.807, 2.05) is 24.3 Å². The zero-order valence-electron chi connectivity index (χ0n) is 11.4. The number of carbonyl (C=O) groups excluding carboxylic acids is 1. The third-order valence-corrected chi connectivity index (χ3v) is 3.40. The lowest BCUT2D eigenvalue weighted by molar-refractivity contribution is -0.115. The number of hydrogen-bond donors (Lipinski definition) is 2. The Hall–Kier alpha value is -0.910. The van der Waals surface area contributed by atoms with Gasteiger partial charge in [0, 0.05) is 17.6 Å². The lowest BCUT2D eigenvalue weighted by Gasteiger charge is -2.17. The summed E-state index contributed by atoms with van der Waals surface area (Å²) in [6.45, 7) is 3.02. The highest BCUT2D eigenvalue weighted by molar-refractivity contribution is 9.10. The van der Waals surface area contributed by atoms with Crippen LogP contribution in [0.15, 0.2) is 28.7 Å². The Bertz CT molecular complexity index is 393. The second kappa shape index (κ2) is 9.07. The van der Waals surface area contributed by atoms with Crippen LogP contribution in [0, 0.1) is 0 Å². The molecule has 5 heteroatoms. The van der Waals surface area contributed by atoms with Crippen molar-refractivity contribution in [1.29, 1.82) is 0 Å². The first-order valence-corrected chi connectivity index (χ1v) is 7.23. The van der Waals surface area contributed by atoms with Crippen LogP contribution in [0.2, 0.25) is 0 Å². The van der Waals surface area contributed by atoms with E-state index in [-0.39, 0.29) is 18.5 Å². The number of rotatable bonds is 8. The van der Waals surface area contributed by atoms with Gasteiger partial charge in [-0.3, -0.25) is 4.79 Å². The van der Waals surface area contributed by atoms with Crippen molar-refractivity contribution in [2.24, 2.45) is 0 Å². The molecule has 2 N–H and O–H groups in total. The van der Waals surface area contributed by atoms with E-state index >= 15 is 0 Å². The van der Waals surface area contributed by atoms with E-state index in [0.717, 1.165) is 23.0 Å². The number of ether oxygens (including phenoxy) is 1. The van der Waals surface area contributed by atoms with Gasteiger partial charge in [-0.1, -0.05) is 25.5 Å². The van der Waals surface area contributed by atoms with Crippen molar-refractivity contribution in [2.75, 3.05) is 25.6 Å². The number of halogens is 1. The Balaban J connectivity index is 2.40. The summed E-state index contributed by atoms with van der Waals surface area (Å²) in [6.07, 6.45) is 2.06. The molecule has 0 fully saturated rings. The summed E-state index contributed by atoms with van der Waals surface area (Å²) in [5.41, 5.74) is 0.785. The van der Waals surface area contributed by atoms with Crippen LogP contribution in [0.25, 0.3) is 0 Å². The molecule has 19 heavy (non-hydrogen) atoms. The van der Waals surface area contributed by atoms with Gasteiger partial charge < -0.3 is 15.4 Å². The van der Waals surface area contributed by atoms with E-state index in [9.17, 15) is 4.79 Å². The highest BCUT2D eigenvalue weighted by atomic mass is 79.9. The fourth-order valence-corrected chi connectivity index (χ4v) is 2.17. The summed E-state index contributed by atoms with van der Waals surface area (Å²) in [5.74, 6) is -0.0518. The summed E-state index contributed by atoms with van der Waals surface area (Å²) < 4.78 is 6.00. The standard InChI is InChI=1S/C14H21BrN2O2/c1-3-6-11(10-19-2)16-9-14(18)17-13-8-5-4-7-12(13)15/h4-5,7-8,11,16H,3,6,9-10H2,1-2H3,(H,17,18). The predicted molar refractivity (Wildman–Crippen MR) is 81.3 cm³/mol. The number of nitrogens with one attached hydrogen (secondary N) is 2. The van der Waals surface area contributed by atoms with E-state index in [1.54, 1.807) is 7.11 Å². The fraction of sp³-hybridized carbons (Fsp3) is 0.500. The minimum atomic E-state index is -0.0518. The van der Waals surface area contributed by atoms with Crippen LogP contribution in [0.5, 0.6) is 0 Å². The smallest absolute Gasteiger partial charge is 0.238 e. The number of para-hydroxylation sites is 1. The van der Waals surface area contributed by atoms with Crippen molar-refractivity contribution in [3.63, 3.8) is 0 Å². The zero-order chi connectivity index (χ0) is 14.1. The summed E-state index contributed by atoms with van der Waals surface area (Å²) in [6, 6.07) is 7.78. The zero-order valence-corrected chi connectivity index (χ0v) is 13.0. The van der Waals surface area contributed by atoms with Gasteiger partial charge in [0.2, 0.25) is 5.91 Å². The van der Waals surface area contributed by atoms with Crippen LogP contribution >= 0.6 is 15.9 Å². The van der Waals surface area contributed by atoms with Crippen LogP contribution in [-0.4, -0.2) is 32.2 Å². The maximum Gasteiger partial charge on any atom is 0.238 e. The molecule has 4 nitrogen and oxygen atoms in total. The van der Waals surface area contributed by atoms with Gasteiger partial charge >= 0.3 is 0 Å². The van der Waals surface area contributed by atoms with Crippen molar-refractivity contribution < 1.29 is 9.53 Å². The molecule has 0 saturated carbocycles. The van der Waals surface area contributed by atoms with Gasteiger partial charge in [-0.25, -0.2) is 0 Å². The first kappa shape index (κ1) is 16.1. The average molecular weight is 329 g/mol. The molecule has 0 bridgehead atoms. The normalized spacial score (nSPS) is 12.2. The van der Waals surface area contributed by atoms with E-state index in [4.69, 9.17) is 4.74 Å².